The molecule has 2 aromatic rings. The topological polar surface area (TPSA) is 38.1 Å². The molecular weight excluding hydrogens is 358 g/mol. The summed E-state index contributed by atoms with van der Waals surface area (Å²) >= 11 is 0. The van der Waals surface area contributed by atoms with Gasteiger partial charge in [0.05, 0.1) is 17.5 Å². The molecule has 0 N–H and O–H groups in total. The predicted octanol–water partition coefficient (Wildman–Crippen LogP) is 5.46. The van der Waals surface area contributed by atoms with Crippen LogP contribution in [0.25, 0.3) is 5.70 Å². The summed E-state index contributed by atoms with van der Waals surface area (Å²) in [6.45, 7) is 9.43. The highest BCUT2D eigenvalue weighted by Crippen LogP contribution is 2.29. The van der Waals surface area contributed by atoms with Crippen LogP contribution >= 0.6 is 0 Å². The number of amides is 1. The Bertz CT molecular complexity index is 884. The predicted molar refractivity (Wildman–Crippen MR) is 120 cm³/mol. The van der Waals surface area contributed by atoms with E-state index in [1.165, 1.54) is 5.56 Å². The highest BCUT2D eigenvalue weighted by Gasteiger charge is 2.27. The molecular formula is C25H31N3O. The van der Waals surface area contributed by atoms with Gasteiger partial charge in [-0.05, 0) is 43.7 Å². The van der Waals surface area contributed by atoms with Gasteiger partial charge < -0.3 is 4.90 Å². The Kier molecular flexibility index (Phi) is 7.23. The number of aromatic nitrogens is 2. The fourth-order valence-corrected chi connectivity index (χ4v) is 3.99. The molecule has 2 heterocycles. The average Bonchev–Trinajstić information content (AvgIpc) is 3.18. The molecule has 4 nitrogen and oxygen atoms in total. The van der Waals surface area contributed by atoms with Crippen LogP contribution in [0.3, 0.4) is 0 Å². The van der Waals surface area contributed by atoms with E-state index in [2.05, 4.69) is 48.9 Å². The van der Waals surface area contributed by atoms with Gasteiger partial charge in [-0.1, -0.05) is 68.5 Å². The quantitative estimate of drug-likeness (QED) is 0.590. The van der Waals surface area contributed by atoms with Gasteiger partial charge in [0, 0.05) is 18.8 Å². The zero-order valence-corrected chi connectivity index (χ0v) is 17.6. The summed E-state index contributed by atoms with van der Waals surface area (Å²) in [7, 11) is 0. The molecule has 29 heavy (non-hydrogen) atoms. The van der Waals surface area contributed by atoms with Crippen molar-refractivity contribution >= 4 is 11.6 Å². The molecule has 1 fully saturated rings. The molecule has 0 bridgehead atoms. The lowest BCUT2D eigenvalue weighted by atomic mass is 9.89. The second-order valence-corrected chi connectivity index (χ2v) is 7.57. The number of hydrogen-bond acceptors (Lipinski definition) is 2. The maximum atomic E-state index is 13.3. The van der Waals surface area contributed by atoms with Crippen LogP contribution in [0.2, 0.25) is 0 Å². The van der Waals surface area contributed by atoms with Crippen molar-refractivity contribution in [1.29, 1.82) is 0 Å². The van der Waals surface area contributed by atoms with Crippen LogP contribution in [0.4, 0.5) is 0 Å². The zero-order valence-electron chi connectivity index (χ0n) is 17.6. The zero-order chi connectivity index (χ0) is 20.6. The number of benzene rings is 1. The van der Waals surface area contributed by atoms with Crippen LogP contribution in [0, 0.1) is 0 Å². The van der Waals surface area contributed by atoms with Gasteiger partial charge in [-0.25, -0.2) is 4.68 Å². The van der Waals surface area contributed by atoms with Crippen molar-refractivity contribution in [3.63, 3.8) is 0 Å². The number of piperidine rings is 1. The van der Waals surface area contributed by atoms with Gasteiger partial charge >= 0.3 is 0 Å². The Morgan fingerprint density at radius 1 is 1.21 bits per heavy atom. The largest absolute Gasteiger partial charge is 0.338 e. The molecule has 3 rings (SSSR count). The molecule has 1 aliphatic heterocycles. The third-order valence-electron chi connectivity index (χ3n) is 5.56. The van der Waals surface area contributed by atoms with Crippen LogP contribution in [0.5, 0.6) is 0 Å². The van der Waals surface area contributed by atoms with Crippen molar-refractivity contribution in [3.05, 3.63) is 84.2 Å². The molecule has 152 valence electrons. The number of allylic oxidation sites excluding steroid dienone is 5. The highest BCUT2D eigenvalue weighted by molar-refractivity contribution is 5.95. The molecule has 0 atom stereocenters. The lowest BCUT2D eigenvalue weighted by molar-refractivity contribution is 0.0712. The minimum absolute atomic E-state index is 0.112. The molecule has 0 saturated carbocycles. The number of carbonyl (C=O) groups is 1. The normalized spacial score (nSPS) is 15.8. The summed E-state index contributed by atoms with van der Waals surface area (Å²) < 4.78 is 1.90. The van der Waals surface area contributed by atoms with E-state index >= 15 is 0 Å². The van der Waals surface area contributed by atoms with Crippen molar-refractivity contribution in [2.75, 3.05) is 13.1 Å². The Hall–Kier alpha value is -2.88. The summed E-state index contributed by atoms with van der Waals surface area (Å²) in [5.41, 5.74) is 4.12. The third-order valence-corrected chi connectivity index (χ3v) is 5.56. The summed E-state index contributed by atoms with van der Waals surface area (Å²) in [5, 5.41) is 4.53. The molecule has 0 spiro atoms. The van der Waals surface area contributed by atoms with Crippen molar-refractivity contribution in [2.24, 2.45) is 0 Å². The smallest absolute Gasteiger partial charge is 0.257 e. The first-order valence-electron chi connectivity index (χ1n) is 10.5. The van der Waals surface area contributed by atoms with E-state index < -0.39 is 0 Å². The van der Waals surface area contributed by atoms with Gasteiger partial charge in [0.15, 0.2) is 0 Å². The van der Waals surface area contributed by atoms with Crippen molar-refractivity contribution in [3.8, 4) is 0 Å². The second-order valence-electron chi connectivity index (χ2n) is 7.57. The SMILES string of the molecule is C=C/C=C\C=C(/C)n1ncc(C(=O)N2CCC(c3ccccc3)CC2)c1CCC. The van der Waals surface area contributed by atoms with E-state index in [0.717, 1.165) is 55.7 Å². The van der Waals surface area contributed by atoms with E-state index in [1.807, 2.05) is 34.7 Å². The summed E-state index contributed by atoms with van der Waals surface area (Å²) in [4.78, 5) is 15.3. The summed E-state index contributed by atoms with van der Waals surface area (Å²) in [5.74, 6) is 0.653. The van der Waals surface area contributed by atoms with Gasteiger partial charge in [0.1, 0.15) is 0 Å². The molecule has 1 amide bonds. The Balaban J connectivity index is 1.75. The standard InChI is InChI=1S/C25H31N3O/c1-4-6-8-12-20(3)28-24(11-5-2)23(19-26-28)25(29)27-17-15-22(16-18-27)21-13-9-7-10-14-21/h4,6-10,12-14,19,22H,1,5,11,15-18H2,2-3H3/b8-6-,20-12+. The van der Waals surface area contributed by atoms with Crippen LogP contribution < -0.4 is 0 Å². The highest BCUT2D eigenvalue weighted by atomic mass is 16.2. The molecule has 0 radical (unpaired) electrons. The van der Waals surface area contributed by atoms with Crippen LogP contribution in [-0.4, -0.2) is 33.7 Å². The van der Waals surface area contributed by atoms with Gasteiger partial charge in [0.25, 0.3) is 5.91 Å². The Labute approximate surface area is 174 Å². The number of nitrogens with zero attached hydrogens (tertiary/aromatic N) is 3. The van der Waals surface area contributed by atoms with Gasteiger partial charge in [-0.3, -0.25) is 4.79 Å². The van der Waals surface area contributed by atoms with E-state index in [1.54, 1.807) is 12.3 Å². The minimum Gasteiger partial charge on any atom is -0.338 e. The molecule has 4 heteroatoms. The molecule has 1 aromatic heterocycles. The maximum Gasteiger partial charge on any atom is 0.257 e. The fraction of sp³-hybridized carbons (Fsp3) is 0.360. The first-order valence-corrected chi connectivity index (χ1v) is 10.5. The van der Waals surface area contributed by atoms with Crippen molar-refractivity contribution in [2.45, 2.75) is 45.4 Å². The average molecular weight is 390 g/mol. The Morgan fingerprint density at radius 2 is 1.93 bits per heavy atom. The van der Waals surface area contributed by atoms with Crippen LogP contribution in [-0.2, 0) is 6.42 Å². The van der Waals surface area contributed by atoms with Gasteiger partial charge in [0.2, 0.25) is 0 Å². The molecule has 1 aromatic carbocycles. The van der Waals surface area contributed by atoms with Gasteiger partial charge in [-0.15, -0.1) is 0 Å². The van der Waals surface area contributed by atoms with E-state index in [-0.39, 0.29) is 5.91 Å². The molecule has 1 saturated heterocycles. The van der Waals surface area contributed by atoms with Crippen LogP contribution in [0.15, 0.2) is 67.4 Å². The first kappa shape index (κ1) is 20.8. The molecule has 1 aliphatic rings. The summed E-state index contributed by atoms with van der Waals surface area (Å²) in [6, 6.07) is 10.6. The number of carbonyl (C=O) groups excluding carboxylic acids is 1. The van der Waals surface area contributed by atoms with E-state index in [0.29, 0.717) is 5.92 Å². The van der Waals surface area contributed by atoms with Crippen molar-refractivity contribution < 1.29 is 4.79 Å². The fourth-order valence-electron chi connectivity index (χ4n) is 3.99. The Morgan fingerprint density at radius 3 is 2.59 bits per heavy atom. The van der Waals surface area contributed by atoms with Crippen LogP contribution in [0.1, 0.15) is 60.6 Å². The monoisotopic (exact) mass is 389 g/mol. The first-order chi connectivity index (χ1) is 14.2. The number of likely N-dealkylation sites (tertiary alicyclic amines) is 1. The van der Waals surface area contributed by atoms with E-state index in [9.17, 15) is 4.79 Å². The third kappa shape index (κ3) is 4.94. The second kappa shape index (κ2) is 10.1. The lowest BCUT2D eigenvalue weighted by Crippen LogP contribution is -2.38. The lowest BCUT2D eigenvalue weighted by Gasteiger charge is -2.32. The van der Waals surface area contributed by atoms with Gasteiger partial charge in [-0.2, -0.15) is 5.10 Å². The number of hydrogen-bond donors (Lipinski definition) is 0. The molecule has 0 aliphatic carbocycles. The maximum absolute atomic E-state index is 13.3. The summed E-state index contributed by atoms with van der Waals surface area (Å²) in [6.07, 6.45) is 13.1. The minimum atomic E-state index is 0.112. The number of rotatable bonds is 7. The molecule has 0 unspecified atom stereocenters. The van der Waals surface area contributed by atoms with E-state index in [4.69, 9.17) is 0 Å². The van der Waals surface area contributed by atoms with Crippen molar-refractivity contribution in [1.82, 2.24) is 14.7 Å².